The monoisotopic (exact) mass is 548 g/mol. The second kappa shape index (κ2) is 12.2. The van der Waals surface area contributed by atoms with E-state index in [0.717, 1.165) is 37.2 Å². The van der Waals surface area contributed by atoms with Crippen molar-refractivity contribution in [3.8, 4) is 22.8 Å². The first-order chi connectivity index (χ1) is 18.9. The molecule has 9 heteroatoms. The van der Waals surface area contributed by atoms with Crippen molar-refractivity contribution in [1.29, 1.82) is 0 Å². The Bertz CT molecular complexity index is 1280. The molecule has 0 aromatic carbocycles. The second-order valence-electron chi connectivity index (χ2n) is 11.9. The molecule has 4 rings (SSSR count). The number of nitrogens with zero attached hydrogens (tertiary/aromatic N) is 4. The summed E-state index contributed by atoms with van der Waals surface area (Å²) in [5.74, 6) is 0.256. The van der Waals surface area contributed by atoms with Gasteiger partial charge in [-0.3, -0.25) is 15.0 Å². The predicted molar refractivity (Wildman–Crippen MR) is 154 cm³/mol. The summed E-state index contributed by atoms with van der Waals surface area (Å²) in [5.41, 5.74) is 3.06. The SMILES string of the molecule is Cc1ncc(-c2ccc(OCCOc3cccnc3)cn2)c(N2CCC(C)(C)CC2)c1[C@H](OC(C)(C)C)C(=O)O. The number of piperidine rings is 1. The van der Waals surface area contributed by atoms with Gasteiger partial charge in [-0.1, -0.05) is 13.8 Å². The van der Waals surface area contributed by atoms with Gasteiger partial charge in [0.2, 0.25) is 0 Å². The molecule has 1 N–H and O–H groups in total. The summed E-state index contributed by atoms with van der Waals surface area (Å²) >= 11 is 0. The summed E-state index contributed by atoms with van der Waals surface area (Å²) in [4.78, 5) is 28.2. The zero-order valence-electron chi connectivity index (χ0n) is 24.3. The Morgan fingerprint density at radius 3 is 2.25 bits per heavy atom. The molecular weight excluding hydrogens is 508 g/mol. The van der Waals surface area contributed by atoms with Gasteiger partial charge < -0.3 is 24.2 Å². The smallest absolute Gasteiger partial charge is 0.337 e. The highest BCUT2D eigenvalue weighted by atomic mass is 16.5. The molecule has 0 unspecified atom stereocenters. The molecule has 0 spiro atoms. The van der Waals surface area contributed by atoms with Crippen molar-refractivity contribution in [3.05, 3.63) is 60.3 Å². The molecule has 0 bridgehead atoms. The summed E-state index contributed by atoms with van der Waals surface area (Å²) in [6.07, 6.45) is 7.62. The average Bonchev–Trinajstić information content (AvgIpc) is 2.90. The zero-order valence-corrected chi connectivity index (χ0v) is 24.3. The number of aliphatic carboxylic acids is 1. The number of carboxylic acids is 1. The lowest BCUT2D eigenvalue weighted by Crippen LogP contribution is -2.39. The molecule has 1 aliphatic heterocycles. The lowest BCUT2D eigenvalue weighted by Gasteiger charge is -2.40. The van der Waals surface area contributed by atoms with Crippen LogP contribution in [0.15, 0.2) is 49.1 Å². The molecule has 214 valence electrons. The van der Waals surface area contributed by atoms with E-state index in [0.29, 0.717) is 41.7 Å². The summed E-state index contributed by atoms with van der Waals surface area (Å²) < 4.78 is 17.6. The van der Waals surface area contributed by atoms with Crippen molar-refractivity contribution in [1.82, 2.24) is 15.0 Å². The first kappa shape index (κ1) is 29.3. The molecule has 40 heavy (non-hydrogen) atoms. The van der Waals surface area contributed by atoms with Crippen LogP contribution in [-0.4, -0.2) is 57.9 Å². The number of pyridine rings is 3. The van der Waals surface area contributed by atoms with Crippen molar-refractivity contribution >= 4 is 11.7 Å². The van der Waals surface area contributed by atoms with E-state index in [9.17, 15) is 9.90 Å². The van der Waals surface area contributed by atoms with Crippen molar-refractivity contribution in [2.45, 2.75) is 66.1 Å². The number of rotatable bonds is 10. The normalized spacial score (nSPS) is 15.9. The van der Waals surface area contributed by atoms with Gasteiger partial charge in [-0.2, -0.15) is 0 Å². The van der Waals surface area contributed by atoms with E-state index in [-0.39, 0.29) is 5.41 Å². The number of carboxylic acid groups (broad SMARTS) is 1. The third kappa shape index (κ3) is 7.47. The van der Waals surface area contributed by atoms with Crippen molar-refractivity contribution in [3.63, 3.8) is 0 Å². The Morgan fingerprint density at radius 1 is 1.02 bits per heavy atom. The topological polar surface area (TPSA) is 107 Å². The van der Waals surface area contributed by atoms with Gasteiger partial charge >= 0.3 is 5.97 Å². The Morgan fingerprint density at radius 2 is 1.70 bits per heavy atom. The molecule has 1 aliphatic rings. The maximum Gasteiger partial charge on any atom is 0.337 e. The standard InChI is InChI=1S/C31H40N4O5/c1-21-26(28(29(36)37)40-30(2,3)4)27(35-14-11-31(5,6)12-15-35)24(20-33-21)25-10-9-23(19-34-25)39-17-16-38-22-8-7-13-32-18-22/h7-10,13,18-20,28H,11-12,14-17H2,1-6H3,(H,36,37)/t28-/m0/s1. The van der Waals surface area contributed by atoms with E-state index in [1.54, 1.807) is 24.8 Å². The van der Waals surface area contributed by atoms with Crippen LogP contribution in [0.2, 0.25) is 0 Å². The van der Waals surface area contributed by atoms with E-state index in [2.05, 4.69) is 33.7 Å². The molecule has 3 aromatic rings. The summed E-state index contributed by atoms with van der Waals surface area (Å²) in [6.45, 7) is 14.3. The molecule has 0 aliphatic carbocycles. The highest BCUT2D eigenvalue weighted by Gasteiger charge is 2.36. The fraction of sp³-hybridized carbons (Fsp3) is 0.484. The molecule has 1 saturated heterocycles. The van der Waals surface area contributed by atoms with Crippen LogP contribution < -0.4 is 14.4 Å². The van der Waals surface area contributed by atoms with Crippen LogP contribution >= 0.6 is 0 Å². The fourth-order valence-electron chi connectivity index (χ4n) is 4.75. The molecule has 9 nitrogen and oxygen atoms in total. The summed E-state index contributed by atoms with van der Waals surface area (Å²) in [6, 6.07) is 7.40. The number of hydrogen-bond acceptors (Lipinski definition) is 8. The predicted octanol–water partition coefficient (Wildman–Crippen LogP) is 5.87. The maximum atomic E-state index is 12.6. The van der Waals surface area contributed by atoms with Gasteiger partial charge in [0.25, 0.3) is 0 Å². The average molecular weight is 549 g/mol. The van der Waals surface area contributed by atoms with Crippen molar-refractivity contribution < 1.29 is 24.1 Å². The van der Waals surface area contributed by atoms with E-state index in [4.69, 9.17) is 14.2 Å². The molecule has 4 heterocycles. The molecule has 1 fully saturated rings. The number of aryl methyl sites for hydroxylation is 1. The van der Waals surface area contributed by atoms with Gasteiger partial charge in [-0.15, -0.1) is 0 Å². The number of aromatic nitrogens is 3. The number of ether oxygens (including phenoxy) is 3. The summed E-state index contributed by atoms with van der Waals surface area (Å²) in [5, 5.41) is 10.3. The first-order valence-electron chi connectivity index (χ1n) is 13.7. The number of hydrogen-bond donors (Lipinski definition) is 1. The Kier molecular flexibility index (Phi) is 8.93. The largest absolute Gasteiger partial charge is 0.488 e. The van der Waals surface area contributed by atoms with Crippen LogP contribution in [0.25, 0.3) is 11.3 Å². The minimum absolute atomic E-state index is 0.227. The van der Waals surface area contributed by atoms with Crippen LogP contribution in [0.3, 0.4) is 0 Å². The fourth-order valence-corrected chi connectivity index (χ4v) is 4.75. The molecule has 3 aromatic heterocycles. The Balaban J connectivity index is 1.63. The van der Waals surface area contributed by atoms with Crippen molar-refractivity contribution in [2.24, 2.45) is 5.41 Å². The van der Waals surface area contributed by atoms with Gasteiger partial charge in [0, 0.05) is 42.3 Å². The highest BCUT2D eigenvalue weighted by molar-refractivity contribution is 5.85. The van der Waals surface area contributed by atoms with Crippen LogP contribution in [0, 0.1) is 12.3 Å². The minimum atomic E-state index is -1.17. The van der Waals surface area contributed by atoms with E-state index < -0.39 is 17.7 Å². The van der Waals surface area contributed by atoms with E-state index >= 15 is 0 Å². The molecule has 0 radical (unpaired) electrons. The van der Waals surface area contributed by atoms with Crippen LogP contribution in [0.5, 0.6) is 11.5 Å². The highest BCUT2D eigenvalue weighted by Crippen LogP contribution is 2.43. The minimum Gasteiger partial charge on any atom is -0.488 e. The molecule has 1 atom stereocenters. The van der Waals surface area contributed by atoms with Gasteiger partial charge in [0.1, 0.15) is 24.7 Å². The quantitative estimate of drug-likeness (QED) is 0.311. The van der Waals surface area contributed by atoms with Crippen LogP contribution in [-0.2, 0) is 9.53 Å². The van der Waals surface area contributed by atoms with Gasteiger partial charge in [0.05, 0.1) is 29.4 Å². The van der Waals surface area contributed by atoms with Crippen molar-refractivity contribution in [2.75, 3.05) is 31.2 Å². The number of carbonyl (C=O) groups is 1. The zero-order chi connectivity index (χ0) is 28.9. The Labute approximate surface area is 236 Å². The second-order valence-corrected chi connectivity index (χ2v) is 11.9. The van der Waals surface area contributed by atoms with Gasteiger partial charge in [-0.25, -0.2) is 4.79 Å². The first-order valence-corrected chi connectivity index (χ1v) is 13.7. The van der Waals surface area contributed by atoms with E-state index in [1.807, 2.05) is 52.0 Å². The Hall–Kier alpha value is -3.72. The molecular formula is C31H40N4O5. The van der Waals surface area contributed by atoms with Crippen LogP contribution in [0.4, 0.5) is 5.69 Å². The lowest BCUT2D eigenvalue weighted by molar-refractivity contribution is -0.160. The van der Waals surface area contributed by atoms with Gasteiger partial charge in [-0.05, 0) is 70.2 Å². The van der Waals surface area contributed by atoms with Crippen LogP contribution in [0.1, 0.15) is 64.8 Å². The number of anilines is 1. The molecule has 0 saturated carbocycles. The maximum absolute atomic E-state index is 12.6. The lowest BCUT2D eigenvalue weighted by atomic mass is 9.82. The molecule has 0 amide bonds. The van der Waals surface area contributed by atoms with E-state index in [1.165, 1.54) is 0 Å². The summed E-state index contributed by atoms with van der Waals surface area (Å²) in [7, 11) is 0. The third-order valence-corrected chi connectivity index (χ3v) is 6.95. The third-order valence-electron chi connectivity index (χ3n) is 6.95. The van der Waals surface area contributed by atoms with Gasteiger partial charge in [0.15, 0.2) is 6.10 Å².